The minimum absolute atomic E-state index is 0.140. The van der Waals surface area contributed by atoms with Crippen molar-refractivity contribution in [1.29, 1.82) is 0 Å². The van der Waals surface area contributed by atoms with Gasteiger partial charge in [-0.15, -0.1) is 0 Å². The van der Waals surface area contributed by atoms with E-state index in [1.807, 2.05) is 6.92 Å². The quantitative estimate of drug-likeness (QED) is 0.864. The molecule has 1 aromatic heterocycles. The van der Waals surface area contributed by atoms with E-state index in [0.717, 1.165) is 11.3 Å². The van der Waals surface area contributed by atoms with Crippen LogP contribution in [0, 0.1) is 5.82 Å². The number of oxazole rings is 1. The van der Waals surface area contributed by atoms with Gasteiger partial charge in [0, 0.05) is 18.0 Å². The zero-order valence-electron chi connectivity index (χ0n) is 8.98. The predicted octanol–water partition coefficient (Wildman–Crippen LogP) is 2.54. The van der Waals surface area contributed by atoms with Gasteiger partial charge in [0.05, 0.1) is 6.20 Å². The van der Waals surface area contributed by atoms with Gasteiger partial charge >= 0.3 is 0 Å². The average molecular weight is 220 g/mol. The van der Waals surface area contributed by atoms with Crippen molar-refractivity contribution in [3.63, 3.8) is 0 Å². The molecular formula is C12H13FN2O. The lowest BCUT2D eigenvalue weighted by molar-refractivity contribution is 0.485. The van der Waals surface area contributed by atoms with Crippen molar-refractivity contribution < 1.29 is 8.81 Å². The summed E-state index contributed by atoms with van der Waals surface area (Å²) in [6, 6.07) is 6.03. The first kappa shape index (κ1) is 10.8. The SMILES string of the molecule is CC(CN)c1cnc(-c2ccc(F)cc2)o1. The highest BCUT2D eigenvalue weighted by Crippen LogP contribution is 2.23. The van der Waals surface area contributed by atoms with Gasteiger partial charge in [-0.1, -0.05) is 6.92 Å². The Kier molecular flexibility index (Phi) is 3.01. The summed E-state index contributed by atoms with van der Waals surface area (Å²) < 4.78 is 18.3. The lowest BCUT2D eigenvalue weighted by Gasteiger charge is -2.02. The molecular weight excluding hydrogens is 207 g/mol. The van der Waals surface area contributed by atoms with Crippen molar-refractivity contribution in [3.05, 3.63) is 42.0 Å². The molecule has 1 unspecified atom stereocenters. The van der Waals surface area contributed by atoms with Crippen LogP contribution in [-0.2, 0) is 0 Å². The Balaban J connectivity index is 2.28. The van der Waals surface area contributed by atoms with Crippen molar-refractivity contribution >= 4 is 0 Å². The minimum Gasteiger partial charge on any atom is -0.441 e. The van der Waals surface area contributed by atoms with Crippen molar-refractivity contribution in [3.8, 4) is 11.5 Å². The topological polar surface area (TPSA) is 52.0 Å². The second-order valence-electron chi connectivity index (χ2n) is 3.71. The molecule has 0 aliphatic heterocycles. The third-order valence-electron chi connectivity index (χ3n) is 2.45. The summed E-state index contributed by atoms with van der Waals surface area (Å²) in [5, 5.41) is 0. The molecule has 16 heavy (non-hydrogen) atoms. The highest BCUT2D eigenvalue weighted by Gasteiger charge is 2.11. The van der Waals surface area contributed by atoms with E-state index in [9.17, 15) is 4.39 Å². The third-order valence-corrected chi connectivity index (χ3v) is 2.45. The van der Waals surface area contributed by atoms with Crippen LogP contribution in [0.5, 0.6) is 0 Å². The van der Waals surface area contributed by atoms with Gasteiger partial charge in [0.1, 0.15) is 11.6 Å². The summed E-state index contributed by atoms with van der Waals surface area (Å²) in [6.45, 7) is 2.48. The van der Waals surface area contributed by atoms with Crippen LogP contribution in [0.15, 0.2) is 34.9 Å². The molecule has 0 bridgehead atoms. The standard InChI is InChI=1S/C12H13FN2O/c1-8(6-14)11-7-15-12(16-11)9-2-4-10(13)5-3-9/h2-5,7-8H,6,14H2,1H3. The number of rotatable bonds is 3. The Morgan fingerprint density at radius 2 is 2.06 bits per heavy atom. The fourth-order valence-electron chi connectivity index (χ4n) is 1.36. The van der Waals surface area contributed by atoms with E-state index in [-0.39, 0.29) is 11.7 Å². The molecule has 0 amide bonds. The third kappa shape index (κ3) is 2.12. The Bertz CT molecular complexity index is 464. The average Bonchev–Trinajstić information content (AvgIpc) is 2.78. The van der Waals surface area contributed by atoms with E-state index >= 15 is 0 Å². The summed E-state index contributed by atoms with van der Waals surface area (Å²) >= 11 is 0. The van der Waals surface area contributed by atoms with Crippen LogP contribution in [-0.4, -0.2) is 11.5 Å². The maximum absolute atomic E-state index is 12.7. The molecule has 0 fully saturated rings. The van der Waals surface area contributed by atoms with E-state index < -0.39 is 0 Å². The molecule has 2 N–H and O–H groups in total. The predicted molar refractivity (Wildman–Crippen MR) is 59.4 cm³/mol. The normalized spacial score (nSPS) is 12.7. The number of halogens is 1. The van der Waals surface area contributed by atoms with Gasteiger partial charge in [-0.05, 0) is 24.3 Å². The first-order valence-electron chi connectivity index (χ1n) is 5.12. The highest BCUT2D eigenvalue weighted by atomic mass is 19.1. The maximum Gasteiger partial charge on any atom is 0.226 e. The molecule has 84 valence electrons. The molecule has 0 aliphatic rings. The van der Waals surface area contributed by atoms with Crippen molar-refractivity contribution in [2.45, 2.75) is 12.8 Å². The van der Waals surface area contributed by atoms with Crippen LogP contribution in [0.2, 0.25) is 0 Å². The van der Waals surface area contributed by atoms with Gasteiger partial charge in [-0.3, -0.25) is 0 Å². The van der Waals surface area contributed by atoms with Crippen LogP contribution in [0.1, 0.15) is 18.6 Å². The minimum atomic E-state index is -0.272. The largest absolute Gasteiger partial charge is 0.441 e. The number of aromatic nitrogens is 1. The van der Waals surface area contributed by atoms with E-state index in [1.54, 1.807) is 18.3 Å². The second kappa shape index (κ2) is 4.45. The molecule has 0 saturated heterocycles. The van der Waals surface area contributed by atoms with Gasteiger partial charge < -0.3 is 10.2 Å². The van der Waals surface area contributed by atoms with Crippen LogP contribution in [0.3, 0.4) is 0 Å². The first-order chi connectivity index (χ1) is 7.70. The Labute approximate surface area is 93.1 Å². The lowest BCUT2D eigenvalue weighted by Crippen LogP contribution is -2.07. The van der Waals surface area contributed by atoms with E-state index in [0.29, 0.717) is 12.4 Å². The Morgan fingerprint density at radius 1 is 1.38 bits per heavy atom. The summed E-state index contributed by atoms with van der Waals surface area (Å²) in [7, 11) is 0. The molecule has 2 aromatic rings. The van der Waals surface area contributed by atoms with E-state index in [4.69, 9.17) is 10.2 Å². The monoisotopic (exact) mass is 220 g/mol. The number of hydrogen-bond donors (Lipinski definition) is 1. The lowest BCUT2D eigenvalue weighted by atomic mass is 10.1. The second-order valence-corrected chi connectivity index (χ2v) is 3.71. The van der Waals surface area contributed by atoms with Crippen LogP contribution in [0.4, 0.5) is 4.39 Å². The first-order valence-corrected chi connectivity index (χ1v) is 5.12. The molecule has 3 nitrogen and oxygen atoms in total. The van der Waals surface area contributed by atoms with E-state index in [2.05, 4.69) is 4.98 Å². The van der Waals surface area contributed by atoms with Gasteiger partial charge in [0.25, 0.3) is 0 Å². The maximum atomic E-state index is 12.7. The molecule has 0 radical (unpaired) electrons. The van der Waals surface area contributed by atoms with Gasteiger partial charge in [0.2, 0.25) is 5.89 Å². The van der Waals surface area contributed by atoms with Crippen LogP contribution >= 0.6 is 0 Å². The smallest absolute Gasteiger partial charge is 0.226 e. The molecule has 2 rings (SSSR count). The van der Waals surface area contributed by atoms with Gasteiger partial charge in [-0.25, -0.2) is 9.37 Å². The molecule has 4 heteroatoms. The molecule has 1 aromatic carbocycles. The Hall–Kier alpha value is -1.68. The van der Waals surface area contributed by atoms with Crippen LogP contribution < -0.4 is 5.73 Å². The zero-order chi connectivity index (χ0) is 11.5. The summed E-state index contributed by atoms with van der Waals surface area (Å²) in [5.41, 5.74) is 6.30. The molecule has 1 heterocycles. The molecule has 1 atom stereocenters. The van der Waals surface area contributed by atoms with Crippen molar-refractivity contribution in [2.24, 2.45) is 5.73 Å². The molecule has 0 spiro atoms. The van der Waals surface area contributed by atoms with Crippen molar-refractivity contribution in [2.75, 3.05) is 6.54 Å². The highest BCUT2D eigenvalue weighted by molar-refractivity contribution is 5.52. The number of benzene rings is 1. The number of nitrogens with two attached hydrogens (primary N) is 1. The summed E-state index contributed by atoms with van der Waals surface area (Å²) in [6.07, 6.45) is 1.66. The zero-order valence-corrected chi connectivity index (χ0v) is 8.98. The van der Waals surface area contributed by atoms with Crippen LogP contribution in [0.25, 0.3) is 11.5 Å². The summed E-state index contributed by atoms with van der Waals surface area (Å²) in [4.78, 5) is 4.14. The number of nitrogens with zero attached hydrogens (tertiary/aromatic N) is 1. The van der Waals surface area contributed by atoms with E-state index in [1.165, 1.54) is 12.1 Å². The summed E-state index contributed by atoms with van der Waals surface area (Å²) in [5.74, 6) is 1.12. The molecule has 0 saturated carbocycles. The Morgan fingerprint density at radius 3 is 2.69 bits per heavy atom. The van der Waals surface area contributed by atoms with Crippen molar-refractivity contribution in [1.82, 2.24) is 4.98 Å². The van der Waals surface area contributed by atoms with Gasteiger partial charge in [-0.2, -0.15) is 0 Å². The number of hydrogen-bond acceptors (Lipinski definition) is 3. The van der Waals surface area contributed by atoms with Gasteiger partial charge in [0.15, 0.2) is 0 Å². The molecule has 0 aliphatic carbocycles. The fourth-order valence-corrected chi connectivity index (χ4v) is 1.36. The fraction of sp³-hybridized carbons (Fsp3) is 0.250.